The van der Waals surface area contributed by atoms with Crippen LogP contribution in [0.3, 0.4) is 0 Å². The zero-order valence-corrected chi connectivity index (χ0v) is 10.4. The molecule has 0 saturated heterocycles. The first-order valence-electron chi connectivity index (χ1n) is 4.88. The fraction of sp³-hybridized carbons (Fsp3) is 0. The molecule has 3 nitrogen and oxygen atoms in total. The summed E-state index contributed by atoms with van der Waals surface area (Å²) in [6.45, 7) is 0. The third-order valence-corrected chi connectivity index (χ3v) is 3.09. The molecular formula is C12H6Cl2FNO2. The maximum atomic E-state index is 13.3. The molecule has 0 spiro atoms. The van der Waals surface area contributed by atoms with Gasteiger partial charge < -0.3 is 0 Å². The highest BCUT2D eigenvalue weighted by molar-refractivity contribution is 6.42. The highest BCUT2D eigenvalue weighted by Gasteiger charge is 2.11. The van der Waals surface area contributed by atoms with Gasteiger partial charge in [-0.1, -0.05) is 29.3 Å². The van der Waals surface area contributed by atoms with Crippen LogP contribution < -0.4 is 0 Å². The number of hydrogen-bond donors (Lipinski definition) is 0. The predicted octanol–water partition coefficient (Wildman–Crippen LogP) is 4.71. The summed E-state index contributed by atoms with van der Waals surface area (Å²) in [6, 6.07) is 8.04. The number of nitro benzene ring substituents is 1. The molecule has 0 aliphatic heterocycles. The van der Waals surface area contributed by atoms with Crippen molar-refractivity contribution in [3.8, 4) is 11.1 Å². The van der Waals surface area contributed by atoms with Crippen LogP contribution in [-0.2, 0) is 0 Å². The SMILES string of the molecule is O=[N+]([O-])c1cc(F)cc(-c2ccc(Cl)c(Cl)c2)c1. The molecule has 0 heterocycles. The van der Waals surface area contributed by atoms with Crippen molar-refractivity contribution in [2.75, 3.05) is 0 Å². The van der Waals surface area contributed by atoms with Gasteiger partial charge in [0.05, 0.1) is 21.0 Å². The summed E-state index contributed by atoms with van der Waals surface area (Å²) in [4.78, 5) is 10.0. The highest BCUT2D eigenvalue weighted by atomic mass is 35.5. The summed E-state index contributed by atoms with van der Waals surface area (Å²) in [5.41, 5.74) is 0.628. The molecule has 2 rings (SSSR count). The Bertz CT molecular complexity index is 631. The van der Waals surface area contributed by atoms with E-state index in [4.69, 9.17) is 23.2 Å². The summed E-state index contributed by atoms with van der Waals surface area (Å²) in [7, 11) is 0. The molecule has 0 aliphatic carbocycles. The third-order valence-electron chi connectivity index (χ3n) is 2.35. The maximum Gasteiger partial charge on any atom is 0.272 e. The van der Waals surface area contributed by atoms with E-state index < -0.39 is 10.7 Å². The van der Waals surface area contributed by atoms with Crippen molar-refractivity contribution in [2.45, 2.75) is 0 Å². The van der Waals surface area contributed by atoms with Gasteiger partial charge in [-0.05, 0) is 29.3 Å². The van der Waals surface area contributed by atoms with Gasteiger partial charge in [0.1, 0.15) is 5.82 Å². The van der Waals surface area contributed by atoms with Crippen LogP contribution in [0.5, 0.6) is 0 Å². The Balaban J connectivity index is 2.56. The first kappa shape index (κ1) is 12.8. The maximum absolute atomic E-state index is 13.3. The van der Waals surface area contributed by atoms with Crippen LogP contribution in [0.4, 0.5) is 10.1 Å². The van der Waals surface area contributed by atoms with Gasteiger partial charge in [0.2, 0.25) is 0 Å². The Hall–Kier alpha value is -1.65. The smallest absolute Gasteiger partial charge is 0.258 e. The molecule has 0 aromatic heterocycles. The number of nitrogens with zero attached hydrogens (tertiary/aromatic N) is 1. The number of non-ortho nitro benzene ring substituents is 1. The first-order valence-corrected chi connectivity index (χ1v) is 5.63. The zero-order chi connectivity index (χ0) is 13.3. The molecule has 2 aromatic rings. The third kappa shape index (κ3) is 2.60. The zero-order valence-electron chi connectivity index (χ0n) is 8.86. The second-order valence-corrected chi connectivity index (χ2v) is 4.40. The quantitative estimate of drug-likeness (QED) is 0.592. The molecule has 0 saturated carbocycles. The standard InChI is InChI=1S/C12H6Cl2FNO2/c13-11-2-1-7(5-12(11)14)8-3-9(15)6-10(4-8)16(17)18/h1-6H. The van der Waals surface area contributed by atoms with Crippen molar-refractivity contribution in [3.63, 3.8) is 0 Å². The molecule has 0 N–H and O–H groups in total. The number of benzene rings is 2. The van der Waals surface area contributed by atoms with Crippen molar-refractivity contribution >= 4 is 28.9 Å². The van der Waals surface area contributed by atoms with Gasteiger partial charge in [0, 0.05) is 6.07 Å². The molecule has 0 bridgehead atoms. The summed E-state index contributed by atoms with van der Waals surface area (Å²) < 4.78 is 13.3. The van der Waals surface area contributed by atoms with Crippen molar-refractivity contribution < 1.29 is 9.31 Å². The van der Waals surface area contributed by atoms with Crippen LogP contribution >= 0.6 is 23.2 Å². The Morgan fingerprint density at radius 1 is 1.00 bits per heavy atom. The van der Waals surface area contributed by atoms with Gasteiger partial charge in [-0.2, -0.15) is 0 Å². The number of nitro groups is 1. The predicted molar refractivity (Wildman–Crippen MR) is 68.5 cm³/mol. The lowest BCUT2D eigenvalue weighted by Crippen LogP contribution is -1.90. The largest absolute Gasteiger partial charge is 0.272 e. The Labute approximate surface area is 112 Å². The average Bonchev–Trinajstić information content (AvgIpc) is 2.31. The fourth-order valence-electron chi connectivity index (χ4n) is 1.52. The number of hydrogen-bond acceptors (Lipinski definition) is 2. The summed E-state index contributed by atoms with van der Waals surface area (Å²) >= 11 is 11.6. The van der Waals surface area contributed by atoms with Gasteiger partial charge in [-0.25, -0.2) is 4.39 Å². The van der Waals surface area contributed by atoms with Crippen molar-refractivity contribution in [2.24, 2.45) is 0 Å². The lowest BCUT2D eigenvalue weighted by Gasteiger charge is -2.04. The van der Waals surface area contributed by atoms with Gasteiger partial charge in [0.25, 0.3) is 5.69 Å². The van der Waals surface area contributed by atoms with Crippen LogP contribution in [-0.4, -0.2) is 4.92 Å². The lowest BCUT2D eigenvalue weighted by molar-refractivity contribution is -0.385. The summed E-state index contributed by atoms with van der Waals surface area (Å²) in [5.74, 6) is -0.676. The van der Waals surface area contributed by atoms with E-state index in [0.717, 1.165) is 6.07 Å². The van der Waals surface area contributed by atoms with Crippen molar-refractivity contribution in [1.29, 1.82) is 0 Å². The van der Waals surface area contributed by atoms with Crippen molar-refractivity contribution in [3.05, 3.63) is 62.4 Å². The molecule has 6 heteroatoms. The first-order chi connectivity index (χ1) is 8.47. The second-order valence-electron chi connectivity index (χ2n) is 3.58. The van der Waals surface area contributed by atoms with Crippen molar-refractivity contribution in [1.82, 2.24) is 0 Å². The van der Waals surface area contributed by atoms with E-state index in [-0.39, 0.29) is 5.69 Å². The van der Waals surface area contributed by atoms with E-state index in [9.17, 15) is 14.5 Å². The topological polar surface area (TPSA) is 43.1 Å². The van der Waals surface area contributed by atoms with Crippen LogP contribution in [0.2, 0.25) is 10.0 Å². The molecule has 0 amide bonds. The van der Waals surface area contributed by atoms with E-state index in [2.05, 4.69) is 0 Å². The van der Waals surface area contributed by atoms with Gasteiger partial charge in [-0.15, -0.1) is 0 Å². The van der Waals surface area contributed by atoms with E-state index in [1.165, 1.54) is 18.2 Å². The van der Waals surface area contributed by atoms with Gasteiger partial charge in [-0.3, -0.25) is 10.1 Å². The Morgan fingerprint density at radius 2 is 1.72 bits per heavy atom. The summed E-state index contributed by atoms with van der Waals surface area (Å²) in [5, 5.41) is 11.3. The molecule has 18 heavy (non-hydrogen) atoms. The number of rotatable bonds is 2. The Morgan fingerprint density at radius 3 is 2.33 bits per heavy atom. The second kappa shape index (κ2) is 4.92. The van der Waals surface area contributed by atoms with Crippen LogP contribution in [0, 0.1) is 15.9 Å². The minimum atomic E-state index is -0.676. The highest BCUT2D eigenvalue weighted by Crippen LogP contribution is 2.30. The molecule has 0 fully saturated rings. The van der Waals surface area contributed by atoms with Crippen LogP contribution in [0.15, 0.2) is 36.4 Å². The molecule has 0 atom stereocenters. The number of halogens is 3. The minimum Gasteiger partial charge on any atom is -0.258 e. The van der Waals surface area contributed by atoms with Gasteiger partial charge in [0.15, 0.2) is 0 Å². The molecule has 0 unspecified atom stereocenters. The monoisotopic (exact) mass is 285 g/mol. The van der Waals surface area contributed by atoms with Crippen LogP contribution in [0.1, 0.15) is 0 Å². The molecule has 92 valence electrons. The van der Waals surface area contributed by atoms with E-state index in [1.807, 2.05) is 0 Å². The molecule has 2 aromatic carbocycles. The fourth-order valence-corrected chi connectivity index (χ4v) is 1.82. The van der Waals surface area contributed by atoms with Gasteiger partial charge >= 0.3 is 0 Å². The Kier molecular flexibility index (Phi) is 3.50. The van der Waals surface area contributed by atoms with E-state index >= 15 is 0 Å². The molecule has 0 radical (unpaired) electrons. The molecular weight excluding hydrogens is 280 g/mol. The molecule has 0 aliphatic rings. The van der Waals surface area contributed by atoms with E-state index in [0.29, 0.717) is 21.2 Å². The summed E-state index contributed by atoms with van der Waals surface area (Å²) in [6.07, 6.45) is 0. The average molecular weight is 286 g/mol. The minimum absolute atomic E-state index is 0.307. The lowest BCUT2D eigenvalue weighted by atomic mass is 10.1. The van der Waals surface area contributed by atoms with E-state index in [1.54, 1.807) is 12.1 Å². The normalized spacial score (nSPS) is 10.4. The van der Waals surface area contributed by atoms with Crippen LogP contribution in [0.25, 0.3) is 11.1 Å².